The first-order valence-corrected chi connectivity index (χ1v) is 48.2. The monoisotopic (exact) mass is 1830 g/mol. The fourth-order valence-electron chi connectivity index (χ4n) is 19.2. The molecule has 4 aromatic heterocycles. The molecule has 4 fully saturated rings. The average Bonchev–Trinajstić information content (AvgIpc) is 1.42. The third-order valence-corrected chi connectivity index (χ3v) is 29.6. The molecule has 4 saturated heterocycles. The molecule has 678 valence electrons. The van der Waals surface area contributed by atoms with Gasteiger partial charge in [0.05, 0.1) is 67.5 Å². The van der Waals surface area contributed by atoms with Gasteiger partial charge < -0.3 is 53.4 Å². The molecule has 10 aromatic rings. The van der Waals surface area contributed by atoms with Crippen LogP contribution in [0.1, 0.15) is 128 Å². The SMILES string of the molecule is CC1(C)CCC(CN2CCN(c3ccc(C(=O)NS(=O)(=O)c4cc5c(c([N+](=O)[O-])c4)C[C@H](CN4CCCCC4)CO5)c(Oc4cnc5[nH]ccc5c4)c3)CC2)=C(c2ccc(Cl)cc2)C1.CN1CCN(C[C@@H]2COc3cc(S(=O)(=O)NC(=O)c4ccc(N5CCN(CC6=C(c7ccc(Cl)cc7)CC(C)(C)CC6)CC5)cc4Oc4cnc5[nH]ccc5c4)cc([N+](=O)[O-])c3C2)CC1. The number of nitrogens with zero attached hydrogens (tertiary/aromatic N) is 11. The number of allylic oxidation sites excluding steroid dienone is 2. The van der Waals surface area contributed by atoms with Crippen molar-refractivity contribution in [1.29, 1.82) is 0 Å². The van der Waals surface area contributed by atoms with Crippen LogP contribution in [0.3, 0.4) is 0 Å². The second-order valence-corrected chi connectivity index (χ2v) is 41.3. The van der Waals surface area contributed by atoms with E-state index in [1.165, 1.54) is 64.4 Å². The molecule has 2 amide bonds. The van der Waals surface area contributed by atoms with Gasteiger partial charge in [0.2, 0.25) is 0 Å². The summed E-state index contributed by atoms with van der Waals surface area (Å²) in [6.07, 6.45) is 17.2. The Balaban J connectivity index is 0.000000181. The Morgan fingerprint density at radius 3 is 1.33 bits per heavy atom. The first-order chi connectivity index (χ1) is 61.9. The van der Waals surface area contributed by atoms with Crippen molar-refractivity contribution in [2.24, 2.45) is 22.7 Å². The van der Waals surface area contributed by atoms with Crippen LogP contribution < -0.4 is 38.2 Å². The maximum absolute atomic E-state index is 14.1. The number of carbonyl (C=O) groups excluding carboxylic acids is 2. The molecule has 0 saturated carbocycles. The van der Waals surface area contributed by atoms with E-state index >= 15 is 0 Å². The summed E-state index contributed by atoms with van der Waals surface area (Å²) in [6, 6.07) is 38.4. The minimum absolute atomic E-state index is 0.00573. The van der Waals surface area contributed by atoms with Crippen LogP contribution in [0.25, 0.3) is 33.2 Å². The van der Waals surface area contributed by atoms with E-state index in [1.54, 1.807) is 60.9 Å². The molecule has 29 nitrogen and oxygen atoms in total. The maximum Gasteiger partial charge on any atom is 0.277 e. The standard InChI is InChI=1S/C48H55ClN8O7S.C48H54ClN7O7S/c1-48(2)12-10-35(42(27-48)33-4-6-36(49)7-5-33)30-55-18-20-56(21-19-55)37-8-9-40(45(24-37)64-38-23-34-11-13-50-46(34)51-28-38)47(58)52-65(61,62)39-25-43(57(59)60)41-22-32(31-63-44(41)26-39)29-54-16-14-53(3)15-17-54;1-48(2)14-12-35(42(27-48)33-6-8-36(49)9-7-33)30-54-18-20-55(21-19-54)37-10-11-40(45(24-37)63-38-23-34-13-15-50-46(34)51-28-38)47(57)52-64(60,61)39-25-43(56(58)59)41-22-32(31-62-44(41)26-39)29-53-16-4-3-5-17-53/h4-9,11,13,23-26,28,32H,10,12,14-22,27,29-31H2,1-3H3,(H,50,51)(H,52,58);6-11,13,15,23-26,28,32H,3-5,12,14,16-22,27,29-31H2,1-2H3,(H,50,51)(H,52,57)/t2*32-/m11/s1. The Hall–Kier alpha value is -11.0. The summed E-state index contributed by atoms with van der Waals surface area (Å²) in [5.41, 5.74) is 11.5. The van der Waals surface area contributed by atoms with Crippen molar-refractivity contribution in [3.8, 4) is 34.5 Å². The van der Waals surface area contributed by atoms with Gasteiger partial charge in [-0.15, -0.1) is 0 Å². The zero-order chi connectivity index (χ0) is 90.0. The molecule has 8 aliphatic rings. The van der Waals surface area contributed by atoms with Crippen molar-refractivity contribution < 1.29 is 55.2 Å². The number of rotatable bonds is 24. The number of pyridine rings is 2. The van der Waals surface area contributed by atoms with E-state index in [0.717, 1.165) is 213 Å². The molecular weight excluding hydrogens is 1720 g/mol. The molecule has 18 rings (SSSR count). The Kier molecular flexibility index (Phi) is 26.6. The minimum atomic E-state index is -4.62. The van der Waals surface area contributed by atoms with Crippen molar-refractivity contribution in [3.05, 3.63) is 233 Å². The number of nitro benzene ring substituents is 2. The van der Waals surface area contributed by atoms with Crippen LogP contribution in [0, 0.1) is 42.9 Å². The third kappa shape index (κ3) is 21.4. The lowest BCUT2D eigenvalue weighted by Crippen LogP contribution is -2.47. The number of hydrogen-bond acceptors (Lipinski definition) is 23. The fourth-order valence-corrected chi connectivity index (χ4v) is 21.4. The van der Waals surface area contributed by atoms with E-state index in [1.807, 2.05) is 36.4 Å². The molecule has 2 atom stereocenters. The van der Waals surface area contributed by atoms with Crippen molar-refractivity contribution >= 4 is 111 Å². The van der Waals surface area contributed by atoms with Crippen molar-refractivity contribution in [2.75, 3.05) is 148 Å². The van der Waals surface area contributed by atoms with Gasteiger partial charge in [0, 0.05) is 198 Å². The van der Waals surface area contributed by atoms with Gasteiger partial charge in [0.15, 0.2) is 0 Å². The second-order valence-electron chi connectivity index (χ2n) is 37.1. The number of likely N-dealkylation sites (tertiary alicyclic amines) is 1. The molecule has 10 heterocycles. The Morgan fingerprint density at radius 2 is 0.915 bits per heavy atom. The van der Waals surface area contributed by atoms with Crippen LogP contribution in [-0.2, 0) is 32.9 Å². The largest absolute Gasteiger partial charge is 0.493 e. The number of sulfonamides is 2. The van der Waals surface area contributed by atoms with Crippen molar-refractivity contribution in [3.63, 3.8) is 0 Å². The van der Waals surface area contributed by atoms with Gasteiger partial charge in [0.1, 0.15) is 45.8 Å². The van der Waals surface area contributed by atoms with Gasteiger partial charge in [0.25, 0.3) is 43.2 Å². The highest BCUT2D eigenvalue weighted by molar-refractivity contribution is 7.90. The lowest BCUT2D eigenvalue weighted by atomic mass is 9.72. The minimum Gasteiger partial charge on any atom is -0.493 e. The van der Waals surface area contributed by atoms with E-state index in [-0.39, 0.29) is 68.2 Å². The highest BCUT2D eigenvalue weighted by Gasteiger charge is 2.39. The maximum atomic E-state index is 14.1. The number of likely N-dealkylation sites (N-methyl/N-ethyl adjacent to an activating group) is 1. The molecule has 0 unspecified atom stereocenters. The van der Waals surface area contributed by atoms with Gasteiger partial charge in [-0.05, 0) is 190 Å². The first kappa shape index (κ1) is 90.0. The van der Waals surface area contributed by atoms with Gasteiger partial charge in [-0.25, -0.2) is 36.2 Å². The lowest BCUT2D eigenvalue weighted by Gasteiger charge is -2.39. The van der Waals surface area contributed by atoms with Crippen LogP contribution in [-0.4, -0.2) is 221 Å². The summed E-state index contributed by atoms with van der Waals surface area (Å²) in [5, 5.41) is 27.8. The highest BCUT2D eigenvalue weighted by atomic mass is 35.5. The number of aromatic amines is 2. The molecule has 6 aliphatic heterocycles. The Labute approximate surface area is 761 Å². The quantitative estimate of drug-likeness (QED) is 0.0322. The van der Waals surface area contributed by atoms with Crippen LogP contribution in [0.5, 0.6) is 34.5 Å². The number of hydrogen-bond donors (Lipinski definition) is 4. The molecule has 129 heavy (non-hydrogen) atoms. The second kappa shape index (κ2) is 38.2. The van der Waals surface area contributed by atoms with Gasteiger partial charge in [-0.1, -0.05) is 92.7 Å². The van der Waals surface area contributed by atoms with E-state index in [4.69, 9.17) is 42.1 Å². The number of halogens is 2. The van der Waals surface area contributed by atoms with Crippen LogP contribution in [0.4, 0.5) is 22.7 Å². The molecule has 0 spiro atoms. The number of piperazine rings is 3. The zero-order valence-corrected chi connectivity index (χ0v) is 76.4. The van der Waals surface area contributed by atoms with E-state index in [0.29, 0.717) is 60.0 Å². The van der Waals surface area contributed by atoms with Gasteiger partial charge in [-0.3, -0.25) is 39.6 Å². The number of piperidine rings is 1. The lowest BCUT2D eigenvalue weighted by molar-refractivity contribution is -0.386. The molecule has 33 heteroatoms. The molecule has 0 bridgehead atoms. The number of nitro groups is 2. The molecular formula is C96H109Cl2N15O14S2. The van der Waals surface area contributed by atoms with Crippen LogP contribution >= 0.6 is 23.2 Å². The summed E-state index contributed by atoms with van der Waals surface area (Å²) < 4.78 is 84.8. The number of nitrogens with one attached hydrogen (secondary N) is 4. The predicted octanol–water partition coefficient (Wildman–Crippen LogP) is 16.5. The summed E-state index contributed by atoms with van der Waals surface area (Å²) >= 11 is 12.5. The number of carbonyl (C=O) groups is 2. The molecule has 4 N–H and O–H groups in total. The van der Waals surface area contributed by atoms with Gasteiger partial charge in [-0.2, -0.15) is 0 Å². The predicted molar refractivity (Wildman–Crippen MR) is 500 cm³/mol. The van der Waals surface area contributed by atoms with Crippen LogP contribution in [0.2, 0.25) is 10.0 Å². The number of benzene rings is 6. The zero-order valence-electron chi connectivity index (χ0n) is 73.3. The Morgan fingerprint density at radius 1 is 0.512 bits per heavy atom. The summed E-state index contributed by atoms with van der Waals surface area (Å²) in [5.74, 6) is -0.640. The summed E-state index contributed by atoms with van der Waals surface area (Å²) in [6.45, 7) is 25.0. The number of aromatic nitrogens is 4. The first-order valence-electron chi connectivity index (χ1n) is 44.5. The summed E-state index contributed by atoms with van der Waals surface area (Å²) in [7, 11) is -7.15. The van der Waals surface area contributed by atoms with E-state index in [9.17, 15) is 46.7 Å². The normalized spacial score (nSPS) is 19.7. The van der Waals surface area contributed by atoms with E-state index < -0.39 is 51.5 Å². The highest BCUT2D eigenvalue weighted by Crippen LogP contribution is 2.47. The third-order valence-electron chi connectivity index (χ3n) is 26.5. The number of fused-ring (bicyclic) bond motifs is 4. The molecule has 0 radical (unpaired) electrons. The van der Waals surface area contributed by atoms with Crippen LogP contribution in [0.15, 0.2) is 179 Å². The van der Waals surface area contributed by atoms with E-state index in [2.05, 4.69) is 123 Å². The average molecular weight is 1830 g/mol. The number of amides is 2. The Bertz CT molecular complexity index is 6190. The fraction of sp³-hybridized carbons (Fsp3) is 0.417. The number of H-pyrrole nitrogens is 2. The van der Waals surface area contributed by atoms with Gasteiger partial charge >= 0.3 is 0 Å². The van der Waals surface area contributed by atoms with Crippen molar-refractivity contribution in [2.45, 2.75) is 108 Å². The molecule has 6 aromatic carbocycles. The molecule has 2 aliphatic carbocycles. The number of anilines is 2. The topological polar surface area (TPSA) is 330 Å². The smallest absolute Gasteiger partial charge is 0.277 e. The number of ether oxygens (including phenoxy) is 4. The summed E-state index contributed by atoms with van der Waals surface area (Å²) in [4.78, 5) is 82.2. The van der Waals surface area contributed by atoms with Crippen molar-refractivity contribution in [1.82, 2.24) is 53.9 Å².